The summed E-state index contributed by atoms with van der Waals surface area (Å²) in [7, 11) is 2.04. The standard InChI is InChI=1S/C16H31N3/c1-7-11-17-15(16(3,4)5)10-8-9-14-12-13(2)18-19(14)6/h12,15,17H,7-11H2,1-6H3. The molecule has 110 valence electrons. The molecule has 3 nitrogen and oxygen atoms in total. The van der Waals surface area contributed by atoms with Gasteiger partial charge in [-0.1, -0.05) is 27.7 Å². The molecule has 1 unspecified atom stereocenters. The molecule has 1 aromatic rings. The van der Waals surface area contributed by atoms with Crippen molar-refractivity contribution in [3.05, 3.63) is 17.5 Å². The molecule has 19 heavy (non-hydrogen) atoms. The predicted molar refractivity (Wildman–Crippen MR) is 82.4 cm³/mol. The van der Waals surface area contributed by atoms with E-state index in [1.807, 2.05) is 11.7 Å². The Hall–Kier alpha value is -0.830. The lowest BCUT2D eigenvalue weighted by atomic mass is 9.83. The van der Waals surface area contributed by atoms with Crippen molar-refractivity contribution in [3.63, 3.8) is 0 Å². The van der Waals surface area contributed by atoms with E-state index in [0.29, 0.717) is 11.5 Å². The quantitative estimate of drug-likeness (QED) is 0.818. The Kier molecular flexibility index (Phi) is 6.05. The largest absolute Gasteiger partial charge is 0.313 e. The second kappa shape index (κ2) is 7.09. The number of nitrogens with zero attached hydrogens (tertiary/aromatic N) is 2. The molecule has 1 aromatic heterocycles. The van der Waals surface area contributed by atoms with Gasteiger partial charge in [-0.25, -0.2) is 0 Å². The van der Waals surface area contributed by atoms with E-state index in [0.717, 1.165) is 18.7 Å². The first-order chi connectivity index (χ1) is 8.84. The highest BCUT2D eigenvalue weighted by molar-refractivity contribution is 5.08. The van der Waals surface area contributed by atoms with Gasteiger partial charge in [-0.15, -0.1) is 0 Å². The molecule has 0 aromatic carbocycles. The molecule has 0 aliphatic carbocycles. The molecule has 0 aliphatic heterocycles. The van der Waals surface area contributed by atoms with Crippen molar-refractivity contribution in [1.29, 1.82) is 0 Å². The van der Waals surface area contributed by atoms with Gasteiger partial charge in [0.25, 0.3) is 0 Å². The molecule has 1 atom stereocenters. The van der Waals surface area contributed by atoms with E-state index >= 15 is 0 Å². The van der Waals surface area contributed by atoms with Crippen LogP contribution in [0.15, 0.2) is 6.07 Å². The average molecular weight is 265 g/mol. The Morgan fingerprint density at radius 3 is 2.53 bits per heavy atom. The van der Waals surface area contributed by atoms with E-state index in [9.17, 15) is 0 Å². The Morgan fingerprint density at radius 1 is 1.37 bits per heavy atom. The van der Waals surface area contributed by atoms with E-state index in [1.54, 1.807) is 0 Å². The molecule has 0 saturated carbocycles. The van der Waals surface area contributed by atoms with Crippen LogP contribution in [0.1, 0.15) is 58.3 Å². The first kappa shape index (κ1) is 16.2. The third-order valence-corrected chi connectivity index (χ3v) is 3.71. The minimum atomic E-state index is 0.331. The van der Waals surface area contributed by atoms with Gasteiger partial charge in [0, 0.05) is 18.8 Å². The van der Waals surface area contributed by atoms with Crippen LogP contribution in [0.4, 0.5) is 0 Å². The summed E-state index contributed by atoms with van der Waals surface area (Å²) in [6.07, 6.45) is 4.77. The third-order valence-electron chi connectivity index (χ3n) is 3.71. The summed E-state index contributed by atoms with van der Waals surface area (Å²) in [6.45, 7) is 12.4. The fraction of sp³-hybridized carbons (Fsp3) is 0.812. The van der Waals surface area contributed by atoms with Crippen molar-refractivity contribution >= 4 is 0 Å². The van der Waals surface area contributed by atoms with Gasteiger partial charge in [-0.2, -0.15) is 5.10 Å². The van der Waals surface area contributed by atoms with Crippen molar-refractivity contribution in [1.82, 2.24) is 15.1 Å². The molecule has 1 heterocycles. The van der Waals surface area contributed by atoms with Gasteiger partial charge < -0.3 is 5.32 Å². The van der Waals surface area contributed by atoms with Crippen LogP contribution in [0.25, 0.3) is 0 Å². The van der Waals surface area contributed by atoms with Crippen LogP contribution in [0, 0.1) is 12.3 Å². The van der Waals surface area contributed by atoms with Gasteiger partial charge in [-0.05, 0) is 50.6 Å². The summed E-state index contributed by atoms with van der Waals surface area (Å²) >= 11 is 0. The topological polar surface area (TPSA) is 29.9 Å². The lowest BCUT2D eigenvalue weighted by Crippen LogP contribution is -2.40. The number of aromatic nitrogens is 2. The predicted octanol–water partition coefficient (Wildman–Crippen LogP) is 3.47. The number of hydrogen-bond acceptors (Lipinski definition) is 2. The zero-order valence-corrected chi connectivity index (χ0v) is 13.6. The summed E-state index contributed by atoms with van der Waals surface area (Å²) in [5.74, 6) is 0. The SMILES string of the molecule is CCCNC(CCCc1cc(C)nn1C)C(C)(C)C. The molecule has 0 spiro atoms. The molecule has 0 fully saturated rings. The first-order valence-electron chi connectivity index (χ1n) is 7.57. The second-order valence-electron chi connectivity index (χ2n) is 6.67. The van der Waals surface area contributed by atoms with E-state index in [-0.39, 0.29) is 0 Å². The molecule has 0 amide bonds. The maximum atomic E-state index is 4.41. The third kappa shape index (κ3) is 5.35. The van der Waals surface area contributed by atoms with Crippen LogP contribution >= 0.6 is 0 Å². The number of hydrogen-bond donors (Lipinski definition) is 1. The molecule has 0 radical (unpaired) electrons. The van der Waals surface area contributed by atoms with Gasteiger partial charge in [0.1, 0.15) is 0 Å². The fourth-order valence-electron chi connectivity index (χ4n) is 2.55. The first-order valence-corrected chi connectivity index (χ1v) is 7.57. The van der Waals surface area contributed by atoms with Crippen molar-refractivity contribution in [2.45, 2.75) is 66.3 Å². The zero-order valence-electron chi connectivity index (χ0n) is 13.6. The molecule has 0 saturated heterocycles. The Balaban J connectivity index is 2.46. The molecule has 1 rings (SSSR count). The second-order valence-corrected chi connectivity index (χ2v) is 6.67. The highest BCUT2D eigenvalue weighted by Crippen LogP contribution is 2.23. The monoisotopic (exact) mass is 265 g/mol. The smallest absolute Gasteiger partial charge is 0.0596 e. The normalized spacial score (nSPS) is 13.8. The minimum Gasteiger partial charge on any atom is -0.313 e. The Labute approximate surface area is 118 Å². The lowest BCUT2D eigenvalue weighted by molar-refractivity contribution is 0.251. The van der Waals surface area contributed by atoms with Gasteiger partial charge >= 0.3 is 0 Å². The maximum Gasteiger partial charge on any atom is 0.0596 e. The van der Waals surface area contributed by atoms with Gasteiger partial charge in [0.05, 0.1) is 5.69 Å². The molecule has 1 N–H and O–H groups in total. The van der Waals surface area contributed by atoms with Crippen LogP contribution < -0.4 is 5.32 Å². The average Bonchev–Trinajstić information content (AvgIpc) is 2.60. The Morgan fingerprint density at radius 2 is 2.05 bits per heavy atom. The minimum absolute atomic E-state index is 0.331. The molecular weight excluding hydrogens is 234 g/mol. The number of nitrogens with one attached hydrogen (secondary N) is 1. The Bertz CT molecular complexity index is 374. The van der Waals surface area contributed by atoms with Crippen LogP contribution in [0.3, 0.4) is 0 Å². The lowest BCUT2D eigenvalue weighted by Gasteiger charge is -2.32. The number of aryl methyl sites for hydroxylation is 3. The summed E-state index contributed by atoms with van der Waals surface area (Å²) < 4.78 is 2.01. The summed E-state index contributed by atoms with van der Waals surface area (Å²) in [6, 6.07) is 2.80. The van der Waals surface area contributed by atoms with E-state index < -0.39 is 0 Å². The van der Waals surface area contributed by atoms with Gasteiger partial charge in [0.15, 0.2) is 0 Å². The summed E-state index contributed by atoms with van der Waals surface area (Å²) in [5.41, 5.74) is 2.80. The number of rotatable bonds is 7. The summed E-state index contributed by atoms with van der Waals surface area (Å²) in [4.78, 5) is 0. The zero-order chi connectivity index (χ0) is 14.5. The molecule has 0 bridgehead atoms. The van der Waals surface area contributed by atoms with E-state index in [1.165, 1.54) is 25.0 Å². The molecular formula is C16H31N3. The molecule has 3 heteroatoms. The maximum absolute atomic E-state index is 4.41. The van der Waals surface area contributed by atoms with E-state index in [2.05, 4.69) is 51.1 Å². The fourth-order valence-corrected chi connectivity index (χ4v) is 2.55. The van der Waals surface area contributed by atoms with Crippen LogP contribution in [-0.4, -0.2) is 22.4 Å². The van der Waals surface area contributed by atoms with Crippen molar-refractivity contribution < 1.29 is 0 Å². The van der Waals surface area contributed by atoms with Crippen molar-refractivity contribution in [2.75, 3.05) is 6.54 Å². The van der Waals surface area contributed by atoms with Crippen molar-refractivity contribution in [2.24, 2.45) is 12.5 Å². The highest BCUT2D eigenvalue weighted by atomic mass is 15.3. The summed E-state index contributed by atoms with van der Waals surface area (Å²) in [5, 5.41) is 8.10. The van der Waals surface area contributed by atoms with Crippen LogP contribution in [0.2, 0.25) is 0 Å². The van der Waals surface area contributed by atoms with Gasteiger partial charge in [0.2, 0.25) is 0 Å². The van der Waals surface area contributed by atoms with Gasteiger partial charge in [-0.3, -0.25) is 4.68 Å². The van der Waals surface area contributed by atoms with E-state index in [4.69, 9.17) is 0 Å². The molecule has 0 aliphatic rings. The highest BCUT2D eigenvalue weighted by Gasteiger charge is 2.23. The van der Waals surface area contributed by atoms with Crippen LogP contribution in [0.5, 0.6) is 0 Å². The van der Waals surface area contributed by atoms with Crippen molar-refractivity contribution in [3.8, 4) is 0 Å². The van der Waals surface area contributed by atoms with Crippen LogP contribution in [-0.2, 0) is 13.5 Å².